The van der Waals surface area contributed by atoms with Gasteiger partial charge >= 0.3 is 0 Å². The summed E-state index contributed by atoms with van der Waals surface area (Å²) < 4.78 is 0. The lowest BCUT2D eigenvalue weighted by molar-refractivity contribution is 0.373. The maximum absolute atomic E-state index is 2.44. The van der Waals surface area contributed by atoms with E-state index in [2.05, 4.69) is 68.1 Å². The number of anilines is 1. The summed E-state index contributed by atoms with van der Waals surface area (Å²) in [6, 6.07) is 10.6. The van der Waals surface area contributed by atoms with Crippen LogP contribution in [0.5, 0.6) is 0 Å². The molecule has 2 nitrogen and oxygen atoms in total. The Labute approximate surface area is 86.1 Å². The molecule has 2 rings (SSSR count). The lowest BCUT2D eigenvalue weighted by Crippen LogP contribution is -2.22. The molecule has 0 spiro atoms. The molecule has 1 fully saturated rings. The van der Waals surface area contributed by atoms with E-state index in [0.29, 0.717) is 6.17 Å². The van der Waals surface area contributed by atoms with Gasteiger partial charge in [0.1, 0.15) is 6.17 Å². The Bertz CT molecular complexity index is 316. The third-order valence-corrected chi connectivity index (χ3v) is 2.95. The largest absolute Gasteiger partial charge is 0.345 e. The monoisotopic (exact) mass is 190 g/mol. The summed E-state index contributed by atoms with van der Waals surface area (Å²) in [5.74, 6) is 0. The number of para-hydroxylation sites is 1. The first-order valence-electron chi connectivity index (χ1n) is 5.06. The fourth-order valence-corrected chi connectivity index (χ4v) is 2.39. The van der Waals surface area contributed by atoms with Gasteiger partial charge in [-0.25, -0.2) is 0 Å². The van der Waals surface area contributed by atoms with E-state index in [0.717, 1.165) is 0 Å². The van der Waals surface area contributed by atoms with Gasteiger partial charge < -0.3 is 4.90 Å². The van der Waals surface area contributed by atoms with Gasteiger partial charge in [0.2, 0.25) is 0 Å². The van der Waals surface area contributed by atoms with Gasteiger partial charge in [0.25, 0.3) is 0 Å². The first-order chi connectivity index (χ1) is 6.55. The van der Waals surface area contributed by atoms with Crippen molar-refractivity contribution < 1.29 is 0 Å². The van der Waals surface area contributed by atoms with E-state index in [1.807, 2.05) is 0 Å². The molecule has 0 radical (unpaired) electrons. The lowest BCUT2D eigenvalue weighted by atomic mass is 10.2. The van der Waals surface area contributed by atoms with Gasteiger partial charge in [0.15, 0.2) is 0 Å². The molecule has 2 heteroatoms. The molecule has 1 aliphatic rings. The van der Waals surface area contributed by atoms with Crippen LogP contribution in [0.3, 0.4) is 0 Å². The average molecular weight is 190 g/mol. The molecule has 0 saturated carbocycles. The van der Waals surface area contributed by atoms with E-state index >= 15 is 0 Å². The van der Waals surface area contributed by atoms with E-state index in [1.54, 1.807) is 0 Å². The second-order valence-corrected chi connectivity index (χ2v) is 4.70. The van der Waals surface area contributed by atoms with Gasteiger partial charge in [-0.3, -0.25) is 4.90 Å². The Hall–Kier alpha value is -1.02. The highest BCUT2D eigenvalue weighted by Gasteiger charge is 2.56. The van der Waals surface area contributed by atoms with E-state index < -0.39 is 0 Å². The zero-order valence-electron chi connectivity index (χ0n) is 9.36. The molecule has 1 aliphatic heterocycles. The molecular formula is C12H18N2. The van der Waals surface area contributed by atoms with E-state index in [1.165, 1.54) is 5.69 Å². The van der Waals surface area contributed by atoms with Crippen LogP contribution in [0.1, 0.15) is 13.8 Å². The van der Waals surface area contributed by atoms with Crippen molar-refractivity contribution in [1.82, 2.24) is 4.90 Å². The maximum atomic E-state index is 2.44. The molecule has 1 aromatic carbocycles. The van der Waals surface area contributed by atoms with Crippen LogP contribution in [0.2, 0.25) is 0 Å². The van der Waals surface area contributed by atoms with Crippen LogP contribution in [0.4, 0.5) is 5.69 Å². The predicted octanol–water partition coefficient (Wildman–Crippen LogP) is 2.17. The van der Waals surface area contributed by atoms with Crippen molar-refractivity contribution in [1.29, 1.82) is 0 Å². The molecule has 0 aromatic heterocycles. The Kier molecular flexibility index (Phi) is 2.04. The molecule has 0 aliphatic carbocycles. The minimum atomic E-state index is 0.269. The van der Waals surface area contributed by atoms with Crippen molar-refractivity contribution >= 4 is 5.69 Å². The molecule has 76 valence electrons. The fourth-order valence-electron chi connectivity index (χ4n) is 2.39. The highest BCUT2D eigenvalue weighted by molar-refractivity contribution is 5.59. The van der Waals surface area contributed by atoms with Gasteiger partial charge in [0.05, 0.1) is 5.54 Å². The summed E-state index contributed by atoms with van der Waals surface area (Å²) in [6.07, 6.45) is 0.532. The zero-order valence-corrected chi connectivity index (χ0v) is 9.36. The molecule has 1 unspecified atom stereocenters. The number of likely N-dealkylation sites (N-methyl/N-ethyl adjacent to an activating group) is 1. The van der Waals surface area contributed by atoms with E-state index in [9.17, 15) is 0 Å². The molecular weight excluding hydrogens is 172 g/mol. The molecule has 14 heavy (non-hydrogen) atoms. The number of hydrogen-bond donors (Lipinski definition) is 0. The van der Waals surface area contributed by atoms with Crippen molar-refractivity contribution in [2.24, 2.45) is 0 Å². The quantitative estimate of drug-likeness (QED) is 0.659. The SMILES string of the molecule is CN(C)C1N(c2ccccc2)C1(C)C. The normalized spacial score (nSPS) is 24.1. The van der Waals surface area contributed by atoms with Crippen molar-refractivity contribution in [3.8, 4) is 0 Å². The van der Waals surface area contributed by atoms with Gasteiger partial charge in [-0.1, -0.05) is 18.2 Å². The van der Waals surface area contributed by atoms with Gasteiger partial charge in [-0.15, -0.1) is 0 Å². The topological polar surface area (TPSA) is 6.25 Å². The smallest absolute Gasteiger partial charge is 0.105 e. The fraction of sp³-hybridized carbons (Fsp3) is 0.500. The zero-order chi connectivity index (χ0) is 10.3. The highest BCUT2D eigenvalue weighted by atomic mass is 15.5. The highest BCUT2D eigenvalue weighted by Crippen LogP contribution is 2.45. The summed E-state index contributed by atoms with van der Waals surface area (Å²) >= 11 is 0. The summed E-state index contributed by atoms with van der Waals surface area (Å²) in [5, 5.41) is 0. The minimum Gasteiger partial charge on any atom is -0.345 e. The van der Waals surface area contributed by atoms with Crippen LogP contribution in [-0.4, -0.2) is 30.7 Å². The lowest BCUT2D eigenvalue weighted by Gasteiger charge is -2.10. The minimum absolute atomic E-state index is 0.269. The third-order valence-electron chi connectivity index (χ3n) is 2.95. The maximum Gasteiger partial charge on any atom is 0.105 e. The van der Waals surface area contributed by atoms with Crippen LogP contribution in [0.25, 0.3) is 0 Å². The second-order valence-electron chi connectivity index (χ2n) is 4.70. The Morgan fingerprint density at radius 1 is 1.14 bits per heavy atom. The van der Waals surface area contributed by atoms with Crippen LogP contribution in [0, 0.1) is 0 Å². The predicted molar refractivity (Wildman–Crippen MR) is 60.5 cm³/mol. The number of rotatable bonds is 2. The molecule has 0 N–H and O–H groups in total. The van der Waals surface area contributed by atoms with Crippen molar-refractivity contribution in [3.63, 3.8) is 0 Å². The van der Waals surface area contributed by atoms with Crippen molar-refractivity contribution in [2.45, 2.75) is 25.6 Å². The Balaban J connectivity index is 2.23. The van der Waals surface area contributed by atoms with Gasteiger partial charge in [-0.2, -0.15) is 0 Å². The van der Waals surface area contributed by atoms with Crippen molar-refractivity contribution in [3.05, 3.63) is 30.3 Å². The van der Waals surface area contributed by atoms with Gasteiger partial charge in [0, 0.05) is 5.69 Å². The van der Waals surface area contributed by atoms with Crippen LogP contribution >= 0.6 is 0 Å². The Morgan fingerprint density at radius 2 is 1.71 bits per heavy atom. The molecule has 1 aromatic rings. The number of benzene rings is 1. The molecule has 1 heterocycles. The summed E-state index contributed by atoms with van der Waals surface area (Å²) in [4.78, 5) is 4.71. The van der Waals surface area contributed by atoms with Crippen LogP contribution < -0.4 is 4.90 Å². The first-order valence-corrected chi connectivity index (χ1v) is 5.06. The second kappa shape index (κ2) is 2.99. The van der Waals surface area contributed by atoms with E-state index in [4.69, 9.17) is 0 Å². The number of nitrogens with zero attached hydrogens (tertiary/aromatic N) is 2. The molecule has 0 amide bonds. The summed E-state index contributed by atoms with van der Waals surface area (Å²) in [6.45, 7) is 4.56. The standard InChI is InChI=1S/C12H18N2/c1-12(2)11(13(3)4)14(12)10-8-6-5-7-9-10/h5-9,11H,1-4H3. The average Bonchev–Trinajstić information content (AvgIpc) is 2.71. The van der Waals surface area contributed by atoms with Crippen molar-refractivity contribution in [2.75, 3.05) is 19.0 Å². The van der Waals surface area contributed by atoms with Crippen LogP contribution in [0.15, 0.2) is 30.3 Å². The van der Waals surface area contributed by atoms with Gasteiger partial charge in [-0.05, 0) is 40.1 Å². The van der Waals surface area contributed by atoms with Crippen LogP contribution in [-0.2, 0) is 0 Å². The van der Waals surface area contributed by atoms with E-state index in [-0.39, 0.29) is 5.54 Å². The summed E-state index contributed by atoms with van der Waals surface area (Å²) in [7, 11) is 4.27. The molecule has 0 bridgehead atoms. The summed E-state index contributed by atoms with van der Waals surface area (Å²) in [5.41, 5.74) is 1.58. The molecule has 1 atom stereocenters. The molecule has 1 saturated heterocycles. The third kappa shape index (κ3) is 1.30. The Morgan fingerprint density at radius 3 is 2.14 bits per heavy atom. The first kappa shape index (κ1) is 9.53. The number of hydrogen-bond acceptors (Lipinski definition) is 2.